The van der Waals surface area contributed by atoms with Crippen LogP contribution in [0.1, 0.15) is 67.8 Å². The van der Waals surface area contributed by atoms with Crippen molar-refractivity contribution in [1.29, 1.82) is 0 Å². The molecule has 1 heterocycles. The first-order valence-corrected chi connectivity index (χ1v) is 11.2. The molecule has 0 aromatic heterocycles. The maximum Gasteiger partial charge on any atom is 0.309 e. The normalized spacial score (nSPS) is 19.2. The Morgan fingerprint density at radius 2 is 1.67 bits per heavy atom. The lowest BCUT2D eigenvalue weighted by molar-refractivity contribution is -0.164. The first-order valence-electron chi connectivity index (χ1n) is 11.2. The molecule has 1 atom stereocenters. The third kappa shape index (κ3) is 5.21. The highest BCUT2D eigenvalue weighted by Crippen LogP contribution is 2.24. The molecule has 0 unspecified atom stereocenters. The predicted molar refractivity (Wildman–Crippen MR) is 115 cm³/mol. The van der Waals surface area contributed by atoms with Crippen molar-refractivity contribution in [2.24, 2.45) is 5.92 Å². The second-order valence-electron chi connectivity index (χ2n) is 8.70. The van der Waals surface area contributed by atoms with E-state index in [1.165, 1.54) is 6.42 Å². The van der Waals surface area contributed by atoms with Gasteiger partial charge in [0.15, 0.2) is 6.10 Å². The van der Waals surface area contributed by atoms with Gasteiger partial charge in [-0.25, -0.2) is 0 Å². The van der Waals surface area contributed by atoms with Crippen molar-refractivity contribution >= 4 is 17.8 Å². The molecule has 1 aliphatic carbocycles. The van der Waals surface area contributed by atoms with E-state index in [9.17, 15) is 14.4 Å². The molecule has 2 fully saturated rings. The Morgan fingerprint density at radius 3 is 2.30 bits per heavy atom. The highest BCUT2D eigenvalue weighted by Gasteiger charge is 2.33. The van der Waals surface area contributed by atoms with Crippen molar-refractivity contribution in [2.45, 2.75) is 70.9 Å². The number of nitrogens with zero attached hydrogens (tertiary/aromatic N) is 2. The summed E-state index contributed by atoms with van der Waals surface area (Å²) in [6.45, 7) is 4.64. The molecule has 0 bridgehead atoms. The van der Waals surface area contributed by atoms with Crippen LogP contribution in [0.2, 0.25) is 0 Å². The number of rotatable bonds is 5. The van der Waals surface area contributed by atoms with Crippen molar-refractivity contribution in [3.8, 4) is 0 Å². The largest absolute Gasteiger partial charge is 0.452 e. The molecule has 6 heteroatoms. The molecule has 1 aliphatic heterocycles. The number of carbonyl (C=O) groups excluding carboxylic acids is 3. The van der Waals surface area contributed by atoms with Gasteiger partial charge in [0.25, 0.3) is 11.8 Å². The van der Waals surface area contributed by atoms with Gasteiger partial charge in [-0.1, -0.05) is 37.5 Å². The molecule has 164 valence electrons. The Hall–Kier alpha value is -2.37. The van der Waals surface area contributed by atoms with Gasteiger partial charge < -0.3 is 14.5 Å². The molecule has 1 saturated heterocycles. The number of likely N-dealkylation sites (tertiary alicyclic amines) is 1. The van der Waals surface area contributed by atoms with Gasteiger partial charge in [-0.2, -0.15) is 0 Å². The molecule has 6 nitrogen and oxygen atoms in total. The molecule has 1 aromatic rings. The fourth-order valence-corrected chi connectivity index (χ4v) is 4.56. The van der Waals surface area contributed by atoms with E-state index in [0.29, 0.717) is 31.5 Å². The van der Waals surface area contributed by atoms with Crippen molar-refractivity contribution < 1.29 is 19.1 Å². The van der Waals surface area contributed by atoms with Gasteiger partial charge in [-0.15, -0.1) is 0 Å². The van der Waals surface area contributed by atoms with Crippen LogP contribution < -0.4 is 0 Å². The summed E-state index contributed by atoms with van der Waals surface area (Å²) in [5.74, 6) is -0.697. The highest BCUT2D eigenvalue weighted by molar-refractivity contribution is 5.95. The maximum atomic E-state index is 12.7. The monoisotopic (exact) mass is 414 g/mol. The third-order valence-corrected chi connectivity index (χ3v) is 6.60. The zero-order chi connectivity index (χ0) is 21.7. The van der Waals surface area contributed by atoms with Crippen LogP contribution in [0.3, 0.4) is 0 Å². The summed E-state index contributed by atoms with van der Waals surface area (Å²) in [6.07, 6.45) is 5.94. The first-order chi connectivity index (χ1) is 14.4. The molecular formula is C24H34N2O4. The van der Waals surface area contributed by atoms with Gasteiger partial charge in [0.1, 0.15) is 0 Å². The van der Waals surface area contributed by atoms with Gasteiger partial charge >= 0.3 is 5.97 Å². The minimum Gasteiger partial charge on any atom is -0.452 e. The van der Waals surface area contributed by atoms with Crippen LogP contribution in [-0.2, 0) is 14.3 Å². The van der Waals surface area contributed by atoms with E-state index in [0.717, 1.165) is 31.2 Å². The summed E-state index contributed by atoms with van der Waals surface area (Å²) in [5.41, 5.74) is 1.67. The zero-order valence-corrected chi connectivity index (χ0v) is 18.4. The lowest BCUT2D eigenvalue weighted by atomic mass is 9.94. The summed E-state index contributed by atoms with van der Waals surface area (Å²) >= 11 is 0. The number of likely N-dealkylation sites (N-methyl/N-ethyl adjacent to an activating group) is 1. The standard InChI is InChI=1S/C24H34N2O4/c1-17-9-7-8-12-21(17)23(28)26-15-13-19(14-16-26)24(29)30-18(2)22(27)25(3)20-10-5-4-6-11-20/h7-9,12,18-20H,4-6,10-11,13-16H2,1-3H3/t18-/m1/s1. The number of esters is 1. The molecule has 0 radical (unpaired) electrons. The molecule has 30 heavy (non-hydrogen) atoms. The Kier molecular flexibility index (Phi) is 7.51. The second-order valence-corrected chi connectivity index (χ2v) is 8.70. The number of aryl methyl sites for hydroxylation is 1. The van der Waals surface area contributed by atoms with E-state index >= 15 is 0 Å². The number of piperidine rings is 1. The number of carbonyl (C=O) groups is 3. The maximum absolute atomic E-state index is 12.7. The molecule has 1 saturated carbocycles. The quantitative estimate of drug-likeness (QED) is 0.691. The zero-order valence-electron chi connectivity index (χ0n) is 18.4. The van der Waals surface area contributed by atoms with Crippen LogP contribution in [0, 0.1) is 12.8 Å². The van der Waals surface area contributed by atoms with Gasteiger partial charge in [0, 0.05) is 31.7 Å². The van der Waals surface area contributed by atoms with Gasteiger partial charge in [-0.3, -0.25) is 14.4 Å². The van der Waals surface area contributed by atoms with Gasteiger partial charge in [0.2, 0.25) is 0 Å². The summed E-state index contributed by atoms with van der Waals surface area (Å²) in [5, 5.41) is 0. The molecule has 0 N–H and O–H groups in total. The van der Waals surface area contributed by atoms with Crippen molar-refractivity contribution in [3.05, 3.63) is 35.4 Å². The van der Waals surface area contributed by atoms with Crippen molar-refractivity contribution in [1.82, 2.24) is 9.80 Å². The van der Waals surface area contributed by atoms with E-state index < -0.39 is 6.10 Å². The van der Waals surface area contributed by atoms with Crippen LogP contribution in [0.25, 0.3) is 0 Å². The SMILES string of the molecule is Cc1ccccc1C(=O)N1CCC(C(=O)O[C@H](C)C(=O)N(C)C2CCCCC2)CC1. The molecule has 1 aromatic carbocycles. The fourth-order valence-electron chi connectivity index (χ4n) is 4.56. The third-order valence-electron chi connectivity index (χ3n) is 6.60. The van der Waals surface area contributed by atoms with E-state index in [4.69, 9.17) is 4.74 Å². The first kappa shape index (κ1) is 22.3. The van der Waals surface area contributed by atoms with E-state index in [1.807, 2.05) is 38.2 Å². The molecule has 3 rings (SSSR count). The lowest BCUT2D eigenvalue weighted by Gasteiger charge is -2.34. The number of benzene rings is 1. The van der Waals surface area contributed by atoms with Crippen LogP contribution in [-0.4, -0.2) is 59.9 Å². The number of hydrogen-bond donors (Lipinski definition) is 0. The van der Waals surface area contributed by atoms with Crippen LogP contribution in [0.5, 0.6) is 0 Å². The molecular weight excluding hydrogens is 380 g/mol. The highest BCUT2D eigenvalue weighted by atomic mass is 16.5. The number of amides is 2. The van der Waals surface area contributed by atoms with Crippen LogP contribution in [0.15, 0.2) is 24.3 Å². The van der Waals surface area contributed by atoms with E-state index in [2.05, 4.69) is 0 Å². The summed E-state index contributed by atoms with van der Waals surface area (Å²) in [4.78, 5) is 41.6. The second kappa shape index (κ2) is 10.1. The minimum atomic E-state index is -0.768. The van der Waals surface area contributed by atoms with Gasteiger partial charge in [-0.05, 0) is 51.2 Å². The Morgan fingerprint density at radius 1 is 1.03 bits per heavy atom. The fraction of sp³-hybridized carbons (Fsp3) is 0.625. The summed E-state index contributed by atoms with van der Waals surface area (Å²) < 4.78 is 5.53. The van der Waals surface area contributed by atoms with E-state index in [1.54, 1.807) is 16.7 Å². The number of ether oxygens (including phenoxy) is 1. The van der Waals surface area contributed by atoms with Crippen LogP contribution in [0.4, 0.5) is 0 Å². The predicted octanol–water partition coefficient (Wildman–Crippen LogP) is 3.57. The average Bonchev–Trinajstić information content (AvgIpc) is 2.78. The van der Waals surface area contributed by atoms with Crippen molar-refractivity contribution in [2.75, 3.05) is 20.1 Å². The van der Waals surface area contributed by atoms with Gasteiger partial charge in [0.05, 0.1) is 5.92 Å². The summed E-state index contributed by atoms with van der Waals surface area (Å²) in [7, 11) is 1.82. The molecule has 2 aliphatic rings. The summed E-state index contributed by atoms with van der Waals surface area (Å²) in [6, 6.07) is 7.81. The Bertz CT molecular complexity index is 764. The van der Waals surface area contributed by atoms with Crippen molar-refractivity contribution in [3.63, 3.8) is 0 Å². The molecule has 0 spiro atoms. The lowest BCUT2D eigenvalue weighted by Crippen LogP contribution is -2.45. The van der Waals surface area contributed by atoms with Crippen LogP contribution >= 0.6 is 0 Å². The topological polar surface area (TPSA) is 66.9 Å². The Balaban J connectivity index is 1.48. The smallest absolute Gasteiger partial charge is 0.309 e. The number of hydrogen-bond acceptors (Lipinski definition) is 4. The van der Waals surface area contributed by atoms with E-state index in [-0.39, 0.29) is 29.7 Å². The minimum absolute atomic E-state index is 0.0116. The Labute approximate surface area is 179 Å². The molecule has 2 amide bonds. The average molecular weight is 415 g/mol.